The highest BCUT2D eigenvalue weighted by Gasteiger charge is 2.32. The number of hydrogen-bond acceptors (Lipinski definition) is 3. The number of carbonyl (C=O) groups is 1. The lowest BCUT2D eigenvalue weighted by atomic mass is 9.90. The summed E-state index contributed by atoms with van der Waals surface area (Å²) in [6.45, 7) is 4.10. The van der Waals surface area contributed by atoms with E-state index in [-0.39, 0.29) is 6.61 Å². The molecule has 2 atom stereocenters. The van der Waals surface area contributed by atoms with E-state index in [0.717, 1.165) is 38.8 Å². The fourth-order valence-electron chi connectivity index (χ4n) is 3.07. The minimum Gasteiger partial charge on any atom is -0.396 e. The van der Waals surface area contributed by atoms with Crippen molar-refractivity contribution in [3.8, 4) is 0 Å². The number of aliphatic hydroxyl groups is 1. The van der Waals surface area contributed by atoms with Gasteiger partial charge in [-0.1, -0.05) is 6.92 Å². The van der Waals surface area contributed by atoms with Crippen LogP contribution in [0.25, 0.3) is 0 Å². The molecule has 0 aromatic carbocycles. The van der Waals surface area contributed by atoms with Gasteiger partial charge in [-0.15, -0.1) is 0 Å². The van der Waals surface area contributed by atoms with Crippen molar-refractivity contribution in [1.82, 2.24) is 10.2 Å². The van der Waals surface area contributed by atoms with Crippen molar-refractivity contribution in [3.63, 3.8) is 0 Å². The maximum atomic E-state index is 12.1. The van der Waals surface area contributed by atoms with Crippen LogP contribution in [-0.2, 0) is 4.79 Å². The molecular weight excluding hydrogens is 240 g/mol. The molecule has 0 aromatic rings. The zero-order valence-corrected chi connectivity index (χ0v) is 12.1. The normalized spacial score (nSPS) is 27.6. The standard InChI is InChI=1S/C15H28N2O2/c1-2-4-15(19)17-10-12(5-3-8-18)9-14(11-17)16-13-6-7-13/h12-14,16,18H,2-11H2,1H3. The van der Waals surface area contributed by atoms with E-state index in [2.05, 4.69) is 17.1 Å². The monoisotopic (exact) mass is 268 g/mol. The summed E-state index contributed by atoms with van der Waals surface area (Å²) < 4.78 is 0. The smallest absolute Gasteiger partial charge is 0.222 e. The topological polar surface area (TPSA) is 52.6 Å². The van der Waals surface area contributed by atoms with Crippen molar-refractivity contribution < 1.29 is 9.90 Å². The van der Waals surface area contributed by atoms with Gasteiger partial charge in [-0.2, -0.15) is 0 Å². The number of nitrogens with one attached hydrogen (secondary N) is 1. The molecule has 1 saturated carbocycles. The minimum absolute atomic E-state index is 0.264. The summed E-state index contributed by atoms with van der Waals surface area (Å²) in [5.41, 5.74) is 0. The maximum Gasteiger partial charge on any atom is 0.222 e. The third kappa shape index (κ3) is 4.77. The van der Waals surface area contributed by atoms with E-state index in [1.54, 1.807) is 0 Å². The van der Waals surface area contributed by atoms with Crippen LogP contribution in [0.4, 0.5) is 0 Å². The van der Waals surface area contributed by atoms with E-state index in [9.17, 15) is 4.79 Å². The van der Waals surface area contributed by atoms with Crippen molar-refractivity contribution in [2.75, 3.05) is 19.7 Å². The van der Waals surface area contributed by atoms with Crippen LogP contribution < -0.4 is 5.32 Å². The molecule has 2 unspecified atom stereocenters. The van der Waals surface area contributed by atoms with Crippen LogP contribution in [0.15, 0.2) is 0 Å². The molecule has 1 aliphatic heterocycles. The van der Waals surface area contributed by atoms with E-state index < -0.39 is 0 Å². The Bertz CT molecular complexity index is 292. The van der Waals surface area contributed by atoms with Crippen molar-refractivity contribution in [2.24, 2.45) is 5.92 Å². The molecule has 1 saturated heterocycles. The number of rotatable bonds is 7. The highest BCUT2D eigenvalue weighted by Crippen LogP contribution is 2.26. The van der Waals surface area contributed by atoms with E-state index in [4.69, 9.17) is 5.11 Å². The Morgan fingerprint density at radius 1 is 1.32 bits per heavy atom. The van der Waals surface area contributed by atoms with Crippen molar-refractivity contribution in [2.45, 2.75) is 64.0 Å². The molecular formula is C15H28N2O2. The molecule has 110 valence electrons. The number of piperidine rings is 1. The van der Waals surface area contributed by atoms with Crippen LogP contribution >= 0.6 is 0 Å². The lowest BCUT2D eigenvalue weighted by molar-refractivity contribution is -0.133. The number of aliphatic hydroxyl groups excluding tert-OH is 1. The molecule has 0 bridgehead atoms. The molecule has 4 nitrogen and oxygen atoms in total. The second kappa shape index (κ2) is 7.25. The average molecular weight is 268 g/mol. The predicted molar refractivity (Wildman–Crippen MR) is 75.9 cm³/mol. The summed E-state index contributed by atoms with van der Waals surface area (Å²) in [6.07, 6.45) is 7.24. The highest BCUT2D eigenvalue weighted by atomic mass is 16.2. The molecule has 0 aromatic heterocycles. The summed E-state index contributed by atoms with van der Waals surface area (Å²) in [5.74, 6) is 0.858. The van der Waals surface area contributed by atoms with Crippen molar-refractivity contribution in [3.05, 3.63) is 0 Å². The maximum absolute atomic E-state index is 12.1. The van der Waals surface area contributed by atoms with E-state index in [1.165, 1.54) is 12.8 Å². The molecule has 4 heteroatoms. The first-order chi connectivity index (χ1) is 9.22. The Balaban J connectivity index is 1.87. The molecule has 0 spiro atoms. The molecule has 1 amide bonds. The van der Waals surface area contributed by atoms with Crippen LogP contribution in [0, 0.1) is 5.92 Å². The lowest BCUT2D eigenvalue weighted by Crippen LogP contribution is -2.51. The summed E-state index contributed by atoms with van der Waals surface area (Å²) in [4.78, 5) is 14.2. The molecule has 2 N–H and O–H groups in total. The van der Waals surface area contributed by atoms with Crippen molar-refractivity contribution in [1.29, 1.82) is 0 Å². The zero-order valence-electron chi connectivity index (χ0n) is 12.1. The Labute approximate surface area is 116 Å². The van der Waals surface area contributed by atoms with Crippen molar-refractivity contribution >= 4 is 5.91 Å². The Morgan fingerprint density at radius 3 is 2.74 bits per heavy atom. The average Bonchev–Trinajstić information content (AvgIpc) is 3.20. The van der Waals surface area contributed by atoms with Gasteiger partial charge in [-0.05, 0) is 44.4 Å². The molecule has 1 heterocycles. The largest absolute Gasteiger partial charge is 0.396 e. The van der Waals surface area contributed by atoms with Gasteiger partial charge in [0.2, 0.25) is 5.91 Å². The Kier molecular flexibility index (Phi) is 5.64. The van der Waals surface area contributed by atoms with Crippen LogP contribution in [0.3, 0.4) is 0 Å². The van der Waals surface area contributed by atoms with Gasteiger partial charge in [-0.3, -0.25) is 4.79 Å². The molecule has 2 aliphatic rings. The van der Waals surface area contributed by atoms with E-state index >= 15 is 0 Å². The molecule has 2 fully saturated rings. The fraction of sp³-hybridized carbons (Fsp3) is 0.933. The van der Waals surface area contributed by atoms with Crippen LogP contribution in [0.1, 0.15) is 51.9 Å². The first-order valence-electron chi connectivity index (χ1n) is 7.87. The van der Waals surface area contributed by atoms with Gasteiger partial charge in [0.15, 0.2) is 0 Å². The van der Waals surface area contributed by atoms with Gasteiger partial charge in [0.05, 0.1) is 0 Å². The minimum atomic E-state index is 0.264. The van der Waals surface area contributed by atoms with Crippen LogP contribution in [0.2, 0.25) is 0 Å². The quantitative estimate of drug-likeness (QED) is 0.736. The SMILES string of the molecule is CCCC(=O)N1CC(CCCO)CC(NC2CC2)C1. The van der Waals surface area contributed by atoms with Crippen LogP contribution in [-0.4, -0.2) is 47.7 Å². The summed E-state index contributed by atoms with van der Waals surface area (Å²) >= 11 is 0. The fourth-order valence-corrected chi connectivity index (χ4v) is 3.07. The first kappa shape index (κ1) is 14.8. The van der Waals surface area contributed by atoms with Gasteiger partial charge >= 0.3 is 0 Å². The first-order valence-corrected chi connectivity index (χ1v) is 7.87. The third-order valence-electron chi connectivity index (χ3n) is 4.17. The number of hydrogen-bond donors (Lipinski definition) is 2. The van der Waals surface area contributed by atoms with E-state index in [1.807, 2.05) is 0 Å². The molecule has 1 aliphatic carbocycles. The lowest BCUT2D eigenvalue weighted by Gasteiger charge is -2.38. The number of carbonyl (C=O) groups excluding carboxylic acids is 1. The Morgan fingerprint density at radius 2 is 2.11 bits per heavy atom. The molecule has 0 radical (unpaired) electrons. The van der Waals surface area contributed by atoms with Gasteiger partial charge in [-0.25, -0.2) is 0 Å². The molecule has 19 heavy (non-hydrogen) atoms. The number of likely N-dealkylation sites (tertiary alicyclic amines) is 1. The van der Waals surface area contributed by atoms with Gasteiger partial charge in [0, 0.05) is 38.2 Å². The second-order valence-electron chi connectivity index (χ2n) is 6.15. The summed E-state index contributed by atoms with van der Waals surface area (Å²) in [5, 5.41) is 12.7. The zero-order chi connectivity index (χ0) is 13.7. The van der Waals surface area contributed by atoms with Gasteiger partial charge < -0.3 is 15.3 Å². The summed E-state index contributed by atoms with van der Waals surface area (Å²) in [7, 11) is 0. The Hall–Kier alpha value is -0.610. The number of nitrogens with zero attached hydrogens (tertiary/aromatic N) is 1. The second-order valence-corrected chi connectivity index (χ2v) is 6.15. The molecule has 2 rings (SSSR count). The predicted octanol–water partition coefficient (Wildman–Crippen LogP) is 1.53. The highest BCUT2D eigenvalue weighted by molar-refractivity contribution is 5.76. The van der Waals surface area contributed by atoms with Gasteiger partial charge in [0.25, 0.3) is 0 Å². The number of amides is 1. The summed E-state index contributed by atoms with van der Waals surface area (Å²) in [6, 6.07) is 1.16. The van der Waals surface area contributed by atoms with Crippen LogP contribution in [0.5, 0.6) is 0 Å². The van der Waals surface area contributed by atoms with E-state index in [0.29, 0.717) is 30.3 Å². The van der Waals surface area contributed by atoms with Gasteiger partial charge in [0.1, 0.15) is 0 Å². The third-order valence-corrected chi connectivity index (χ3v) is 4.17.